The Morgan fingerprint density at radius 2 is 2.21 bits per heavy atom. The Balaban J connectivity index is 2.12. The van der Waals surface area contributed by atoms with Gasteiger partial charge in [0.15, 0.2) is 0 Å². The highest BCUT2D eigenvalue weighted by molar-refractivity contribution is 7.13. The van der Waals surface area contributed by atoms with Crippen molar-refractivity contribution in [3.05, 3.63) is 51.5 Å². The predicted molar refractivity (Wildman–Crippen MR) is 69.7 cm³/mol. The molecular formula is C13H9FN2O2S. The van der Waals surface area contributed by atoms with Crippen LogP contribution in [0.2, 0.25) is 0 Å². The van der Waals surface area contributed by atoms with Crippen molar-refractivity contribution in [2.24, 2.45) is 0 Å². The second-order valence-electron chi connectivity index (χ2n) is 3.70. The molecule has 4 nitrogen and oxygen atoms in total. The molecule has 0 bridgehead atoms. The van der Waals surface area contributed by atoms with Gasteiger partial charge in [0.05, 0.1) is 5.69 Å². The van der Waals surface area contributed by atoms with E-state index in [4.69, 9.17) is 10.4 Å². The molecule has 1 heterocycles. The van der Waals surface area contributed by atoms with Crippen molar-refractivity contribution in [1.82, 2.24) is 0 Å². The molecule has 2 rings (SSSR count). The molecule has 0 radical (unpaired) electrons. The van der Waals surface area contributed by atoms with Crippen molar-refractivity contribution in [1.29, 1.82) is 5.26 Å². The first kappa shape index (κ1) is 13.1. The van der Waals surface area contributed by atoms with E-state index in [2.05, 4.69) is 5.32 Å². The maximum absolute atomic E-state index is 13.3. The molecule has 2 N–H and O–H groups in total. The number of carbonyl (C=O) groups is 1. The highest BCUT2D eigenvalue weighted by Crippen LogP contribution is 2.21. The Morgan fingerprint density at radius 1 is 1.42 bits per heavy atom. The Morgan fingerprint density at radius 3 is 2.84 bits per heavy atom. The van der Waals surface area contributed by atoms with Crippen molar-refractivity contribution >= 4 is 23.0 Å². The zero-order valence-electron chi connectivity index (χ0n) is 9.68. The summed E-state index contributed by atoms with van der Waals surface area (Å²) >= 11 is 1.14. The fraction of sp³-hybridized carbons (Fsp3) is 0.0769. The zero-order valence-corrected chi connectivity index (χ0v) is 10.5. The van der Waals surface area contributed by atoms with Crippen LogP contribution in [0.1, 0.15) is 20.1 Å². The molecule has 0 aliphatic heterocycles. The molecule has 0 spiro atoms. The third kappa shape index (κ3) is 2.89. The lowest BCUT2D eigenvalue weighted by atomic mass is 10.2. The summed E-state index contributed by atoms with van der Waals surface area (Å²) in [7, 11) is 0. The second-order valence-corrected chi connectivity index (χ2v) is 4.87. The lowest BCUT2D eigenvalue weighted by Gasteiger charge is -2.07. The first-order valence-electron chi connectivity index (χ1n) is 5.36. The number of hydrogen-bond acceptors (Lipinski definition) is 4. The van der Waals surface area contributed by atoms with E-state index >= 15 is 0 Å². The van der Waals surface area contributed by atoms with Crippen molar-refractivity contribution in [2.75, 3.05) is 5.32 Å². The summed E-state index contributed by atoms with van der Waals surface area (Å²) < 4.78 is 13.3. The number of nitrogens with one attached hydrogen (secondary N) is 1. The standard InChI is InChI=1S/C13H9FN2O2S/c14-10-2-1-3-11(9(10)6-15)16-7-8-4-5-12(19-8)13(17)18/h1-5,16H,7H2,(H,17,18). The Hall–Kier alpha value is -2.39. The van der Waals surface area contributed by atoms with Crippen LogP contribution in [0.4, 0.5) is 10.1 Å². The number of aromatic carboxylic acids is 1. The number of carboxylic acids is 1. The lowest BCUT2D eigenvalue weighted by Crippen LogP contribution is -2.01. The molecule has 0 atom stereocenters. The van der Waals surface area contributed by atoms with E-state index < -0.39 is 11.8 Å². The predicted octanol–water partition coefficient (Wildman–Crippen LogP) is 3.07. The molecule has 96 valence electrons. The smallest absolute Gasteiger partial charge is 0.345 e. The van der Waals surface area contributed by atoms with Crippen LogP contribution in [0.5, 0.6) is 0 Å². The van der Waals surface area contributed by atoms with Gasteiger partial charge in [0.2, 0.25) is 0 Å². The van der Waals surface area contributed by atoms with Gasteiger partial charge in [-0.15, -0.1) is 11.3 Å². The van der Waals surface area contributed by atoms with Gasteiger partial charge in [-0.2, -0.15) is 5.26 Å². The zero-order chi connectivity index (χ0) is 13.8. The van der Waals surface area contributed by atoms with Crippen LogP contribution >= 0.6 is 11.3 Å². The maximum atomic E-state index is 13.3. The number of anilines is 1. The van der Waals surface area contributed by atoms with Gasteiger partial charge in [-0.25, -0.2) is 9.18 Å². The third-order valence-corrected chi connectivity index (χ3v) is 3.52. The van der Waals surface area contributed by atoms with Gasteiger partial charge in [-0.05, 0) is 24.3 Å². The molecule has 2 aromatic rings. The number of rotatable bonds is 4. The fourth-order valence-electron chi connectivity index (χ4n) is 1.56. The van der Waals surface area contributed by atoms with E-state index in [9.17, 15) is 9.18 Å². The molecule has 1 aromatic heterocycles. The largest absolute Gasteiger partial charge is 0.477 e. The van der Waals surface area contributed by atoms with Crippen LogP contribution in [-0.4, -0.2) is 11.1 Å². The molecule has 6 heteroatoms. The van der Waals surface area contributed by atoms with Crippen molar-refractivity contribution < 1.29 is 14.3 Å². The lowest BCUT2D eigenvalue weighted by molar-refractivity contribution is 0.0702. The first-order valence-corrected chi connectivity index (χ1v) is 6.18. The maximum Gasteiger partial charge on any atom is 0.345 e. The van der Waals surface area contributed by atoms with Gasteiger partial charge in [-0.3, -0.25) is 0 Å². The topological polar surface area (TPSA) is 73.1 Å². The molecule has 0 aliphatic rings. The van der Waals surface area contributed by atoms with Crippen molar-refractivity contribution in [3.8, 4) is 6.07 Å². The number of hydrogen-bond donors (Lipinski definition) is 2. The average molecular weight is 276 g/mol. The molecule has 19 heavy (non-hydrogen) atoms. The van der Waals surface area contributed by atoms with Crippen LogP contribution in [-0.2, 0) is 6.54 Å². The number of benzene rings is 1. The van der Waals surface area contributed by atoms with Crippen molar-refractivity contribution in [2.45, 2.75) is 6.54 Å². The van der Waals surface area contributed by atoms with E-state index in [1.807, 2.05) is 0 Å². The van der Waals surface area contributed by atoms with Gasteiger partial charge in [0.25, 0.3) is 0 Å². The van der Waals surface area contributed by atoms with E-state index in [-0.39, 0.29) is 10.4 Å². The van der Waals surface area contributed by atoms with Crippen LogP contribution in [0.15, 0.2) is 30.3 Å². The van der Waals surface area contributed by atoms with Crippen molar-refractivity contribution in [3.63, 3.8) is 0 Å². The van der Waals surface area contributed by atoms with Crippen LogP contribution in [0.25, 0.3) is 0 Å². The Kier molecular flexibility index (Phi) is 3.78. The summed E-state index contributed by atoms with van der Waals surface area (Å²) in [5, 5.41) is 20.6. The van der Waals surface area contributed by atoms with Crippen LogP contribution in [0, 0.1) is 17.1 Å². The fourth-order valence-corrected chi connectivity index (χ4v) is 2.34. The summed E-state index contributed by atoms with van der Waals surface area (Å²) in [4.78, 5) is 11.8. The summed E-state index contributed by atoms with van der Waals surface area (Å²) in [5.74, 6) is -1.55. The quantitative estimate of drug-likeness (QED) is 0.900. The van der Waals surface area contributed by atoms with Gasteiger partial charge >= 0.3 is 5.97 Å². The number of nitriles is 1. The van der Waals surface area contributed by atoms with Gasteiger partial charge in [0, 0.05) is 11.4 Å². The summed E-state index contributed by atoms with van der Waals surface area (Å²) in [5.41, 5.74) is 0.352. The molecule has 0 unspecified atom stereocenters. The number of nitrogens with zero attached hydrogens (tertiary/aromatic N) is 1. The van der Waals surface area contributed by atoms with E-state index in [0.29, 0.717) is 12.2 Å². The van der Waals surface area contributed by atoms with Gasteiger partial charge < -0.3 is 10.4 Å². The minimum Gasteiger partial charge on any atom is -0.477 e. The van der Waals surface area contributed by atoms with E-state index in [1.54, 1.807) is 18.2 Å². The van der Waals surface area contributed by atoms with Crippen LogP contribution < -0.4 is 5.32 Å². The SMILES string of the molecule is N#Cc1c(F)cccc1NCc1ccc(C(=O)O)s1. The molecule has 0 aliphatic carbocycles. The summed E-state index contributed by atoms with van der Waals surface area (Å²) in [6.45, 7) is 0.343. The monoisotopic (exact) mass is 276 g/mol. The molecule has 0 amide bonds. The number of thiophene rings is 1. The summed E-state index contributed by atoms with van der Waals surface area (Å²) in [6.07, 6.45) is 0. The number of halogens is 1. The third-order valence-electron chi connectivity index (χ3n) is 2.45. The van der Waals surface area contributed by atoms with Gasteiger partial charge in [0.1, 0.15) is 22.3 Å². The highest BCUT2D eigenvalue weighted by Gasteiger charge is 2.09. The molecule has 0 saturated carbocycles. The molecule has 0 saturated heterocycles. The normalized spacial score (nSPS) is 9.89. The Labute approximate surface area is 112 Å². The summed E-state index contributed by atoms with van der Waals surface area (Å²) in [6, 6.07) is 9.33. The average Bonchev–Trinajstić information content (AvgIpc) is 2.85. The van der Waals surface area contributed by atoms with Gasteiger partial charge in [-0.1, -0.05) is 6.07 Å². The minimum absolute atomic E-state index is 0.0440. The molecule has 0 fully saturated rings. The van der Waals surface area contributed by atoms with E-state index in [1.165, 1.54) is 18.2 Å². The first-order chi connectivity index (χ1) is 9.11. The van der Waals surface area contributed by atoms with Crippen LogP contribution in [0.3, 0.4) is 0 Å². The molecule has 1 aromatic carbocycles. The second kappa shape index (κ2) is 5.50. The Bertz CT molecular complexity index is 661. The van der Waals surface area contributed by atoms with E-state index in [0.717, 1.165) is 16.2 Å². The highest BCUT2D eigenvalue weighted by atomic mass is 32.1. The number of carboxylic acid groups (broad SMARTS) is 1. The minimum atomic E-state index is -0.972. The molecular weight excluding hydrogens is 267 g/mol.